The Morgan fingerprint density at radius 3 is 2.77 bits per heavy atom. The van der Waals surface area contributed by atoms with Crippen LogP contribution in [0.4, 0.5) is 11.4 Å². The number of rotatable bonds is 6. The maximum atomic E-state index is 6.38. The summed E-state index contributed by atoms with van der Waals surface area (Å²) < 4.78 is 10.9. The minimum absolute atomic E-state index is 0.120. The van der Waals surface area contributed by atoms with Gasteiger partial charge in [0.25, 0.3) is 0 Å². The molecular formula is C30H27ClN2O2. The number of anilines is 1. The summed E-state index contributed by atoms with van der Waals surface area (Å²) in [5.74, 6) is 4.36. The average molecular weight is 483 g/mol. The first kappa shape index (κ1) is 23.1. The SMILES string of the molecule is C#CCOc1c(Cl)cc(C=Nc2ccc([C@@H]3Nc4ccc(C)cc4[C@@H]4C=CC[C@@H]43)cc2)cc1OC. The average Bonchev–Trinajstić information content (AvgIpc) is 3.37. The third-order valence-corrected chi connectivity index (χ3v) is 6.97. The van der Waals surface area contributed by atoms with Gasteiger partial charge in [-0.2, -0.15) is 0 Å². The number of methoxy groups -OCH3 is 1. The largest absolute Gasteiger partial charge is 0.493 e. The molecule has 176 valence electrons. The normalized spacial score (nSPS) is 20.1. The van der Waals surface area contributed by atoms with E-state index in [0.717, 1.165) is 17.7 Å². The summed E-state index contributed by atoms with van der Waals surface area (Å²) in [7, 11) is 1.57. The van der Waals surface area contributed by atoms with Crippen LogP contribution < -0.4 is 14.8 Å². The van der Waals surface area contributed by atoms with E-state index in [9.17, 15) is 0 Å². The molecule has 0 unspecified atom stereocenters. The van der Waals surface area contributed by atoms with Crippen molar-refractivity contribution in [2.24, 2.45) is 10.9 Å². The van der Waals surface area contributed by atoms with E-state index < -0.39 is 0 Å². The van der Waals surface area contributed by atoms with Crippen LogP contribution in [0.15, 0.2) is 71.7 Å². The summed E-state index contributed by atoms with van der Waals surface area (Å²) in [6, 6.07) is 19.0. The zero-order valence-electron chi connectivity index (χ0n) is 19.8. The standard InChI is InChI=1S/C30H27ClN2O2/c1-4-14-35-30-26(31)16-20(17-28(30)34-3)18-32-22-11-9-21(10-12-22)29-24-7-5-6-23(24)25-15-19(2)8-13-27(25)33-29/h1,5-6,8-13,15-18,23-24,29,33H,7,14H2,2-3H3/t23-,24+,29+/m1/s1. The Morgan fingerprint density at radius 1 is 1.17 bits per heavy atom. The number of benzene rings is 3. The van der Waals surface area contributed by atoms with E-state index in [1.54, 1.807) is 19.4 Å². The Morgan fingerprint density at radius 2 is 2.00 bits per heavy atom. The molecule has 0 amide bonds. The number of halogens is 1. The number of aliphatic imine (C=N–C) groups is 1. The van der Waals surface area contributed by atoms with Crippen molar-refractivity contribution in [1.29, 1.82) is 0 Å². The highest BCUT2D eigenvalue weighted by molar-refractivity contribution is 6.32. The van der Waals surface area contributed by atoms with Gasteiger partial charge in [0, 0.05) is 17.8 Å². The molecule has 0 radical (unpaired) electrons. The predicted molar refractivity (Wildman–Crippen MR) is 144 cm³/mol. The van der Waals surface area contributed by atoms with E-state index >= 15 is 0 Å². The predicted octanol–water partition coefficient (Wildman–Crippen LogP) is 7.25. The van der Waals surface area contributed by atoms with Crippen LogP contribution in [0.1, 0.15) is 40.6 Å². The third-order valence-electron chi connectivity index (χ3n) is 6.68. The monoisotopic (exact) mass is 482 g/mol. The molecule has 2 aliphatic rings. The first-order valence-corrected chi connectivity index (χ1v) is 12.1. The highest BCUT2D eigenvalue weighted by atomic mass is 35.5. The number of aryl methyl sites for hydroxylation is 1. The number of hydrogen-bond acceptors (Lipinski definition) is 4. The van der Waals surface area contributed by atoms with Crippen LogP contribution in [0.5, 0.6) is 11.5 Å². The molecule has 1 aliphatic carbocycles. The van der Waals surface area contributed by atoms with Crippen molar-refractivity contribution in [3.05, 3.63) is 94.0 Å². The molecule has 0 bridgehead atoms. The molecule has 0 fully saturated rings. The summed E-state index contributed by atoms with van der Waals surface area (Å²) >= 11 is 6.38. The number of hydrogen-bond donors (Lipinski definition) is 1. The molecule has 0 spiro atoms. The summed E-state index contributed by atoms with van der Waals surface area (Å²) in [4.78, 5) is 4.64. The van der Waals surface area contributed by atoms with Gasteiger partial charge in [0.15, 0.2) is 11.5 Å². The maximum Gasteiger partial charge on any atom is 0.181 e. The Kier molecular flexibility index (Phi) is 6.53. The molecule has 5 rings (SSSR count). The van der Waals surface area contributed by atoms with Crippen molar-refractivity contribution in [3.8, 4) is 23.8 Å². The zero-order chi connectivity index (χ0) is 24.4. The van der Waals surface area contributed by atoms with E-state index in [1.165, 1.54) is 22.4 Å². The van der Waals surface area contributed by atoms with Gasteiger partial charge in [-0.05, 0) is 66.3 Å². The lowest BCUT2D eigenvalue weighted by Crippen LogP contribution is -2.29. The smallest absolute Gasteiger partial charge is 0.181 e. The molecule has 3 atom stereocenters. The fourth-order valence-electron chi connectivity index (χ4n) is 5.03. The summed E-state index contributed by atoms with van der Waals surface area (Å²) in [6.07, 6.45) is 12.8. The van der Waals surface area contributed by atoms with Crippen LogP contribution >= 0.6 is 11.6 Å². The zero-order valence-corrected chi connectivity index (χ0v) is 20.5. The Bertz CT molecular complexity index is 1340. The molecule has 1 aliphatic heterocycles. The van der Waals surface area contributed by atoms with E-state index in [0.29, 0.717) is 28.4 Å². The minimum Gasteiger partial charge on any atom is -0.493 e. The second kappa shape index (κ2) is 9.90. The molecule has 3 aromatic carbocycles. The second-order valence-electron chi connectivity index (χ2n) is 8.94. The lowest BCUT2D eigenvalue weighted by atomic mass is 9.76. The first-order valence-electron chi connectivity index (χ1n) is 11.7. The summed E-state index contributed by atoms with van der Waals surface area (Å²) in [5, 5.41) is 4.22. The van der Waals surface area contributed by atoms with Gasteiger partial charge in [-0.25, -0.2) is 0 Å². The van der Waals surface area contributed by atoms with Crippen LogP contribution in [0, 0.1) is 25.2 Å². The van der Waals surface area contributed by atoms with Gasteiger partial charge in [-0.1, -0.05) is 59.5 Å². The molecule has 0 aromatic heterocycles. The van der Waals surface area contributed by atoms with Crippen LogP contribution in [-0.4, -0.2) is 19.9 Å². The highest BCUT2D eigenvalue weighted by Crippen LogP contribution is 2.50. The fourth-order valence-corrected chi connectivity index (χ4v) is 5.30. The third kappa shape index (κ3) is 4.65. The molecule has 0 saturated carbocycles. The van der Waals surface area contributed by atoms with Crippen molar-refractivity contribution < 1.29 is 9.47 Å². The molecule has 3 aromatic rings. The van der Waals surface area contributed by atoms with Crippen molar-refractivity contribution in [2.75, 3.05) is 19.0 Å². The number of fused-ring (bicyclic) bond motifs is 3. The van der Waals surface area contributed by atoms with Gasteiger partial charge >= 0.3 is 0 Å². The topological polar surface area (TPSA) is 42.8 Å². The molecule has 5 heteroatoms. The van der Waals surface area contributed by atoms with Gasteiger partial charge in [-0.3, -0.25) is 4.99 Å². The Labute approximate surface area is 211 Å². The first-order chi connectivity index (χ1) is 17.1. The number of allylic oxidation sites excluding steroid dienone is 2. The number of nitrogens with one attached hydrogen (secondary N) is 1. The van der Waals surface area contributed by atoms with Gasteiger partial charge in [-0.15, -0.1) is 6.42 Å². The summed E-state index contributed by atoms with van der Waals surface area (Å²) in [6.45, 7) is 2.28. The number of nitrogens with zero attached hydrogens (tertiary/aromatic N) is 1. The van der Waals surface area contributed by atoms with Gasteiger partial charge in [0.05, 0.1) is 23.9 Å². The van der Waals surface area contributed by atoms with Crippen molar-refractivity contribution in [1.82, 2.24) is 0 Å². The molecule has 35 heavy (non-hydrogen) atoms. The lowest BCUT2D eigenvalue weighted by molar-refractivity contribution is 0.331. The molecule has 1 N–H and O–H groups in total. The van der Waals surface area contributed by atoms with Crippen molar-refractivity contribution in [2.45, 2.75) is 25.3 Å². The summed E-state index contributed by atoms with van der Waals surface area (Å²) in [5.41, 5.74) is 6.89. The number of terminal acetylenes is 1. The van der Waals surface area contributed by atoms with Crippen LogP contribution in [0.3, 0.4) is 0 Å². The molecular weight excluding hydrogens is 456 g/mol. The van der Waals surface area contributed by atoms with E-state index in [2.05, 4.69) is 77.8 Å². The number of ether oxygens (including phenoxy) is 2. The van der Waals surface area contributed by atoms with Crippen LogP contribution in [0.25, 0.3) is 0 Å². The molecule has 1 heterocycles. The van der Waals surface area contributed by atoms with Crippen LogP contribution in [-0.2, 0) is 0 Å². The van der Waals surface area contributed by atoms with E-state index in [4.69, 9.17) is 27.5 Å². The van der Waals surface area contributed by atoms with Crippen molar-refractivity contribution >= 4 is 29.2 Å². The fraction of sp³-hybridized carbons (Fsp3) is 0.233. The van der Waals surface area contributed by atoms with Crippen LogP contribution in [0.2, 0.25) is 5.02 Å². The van der Waals surface area contributed by atoms with E-state index in [-0.39, 0.29) is 12.6 Å². The highest BCUT2D eigenvalue weighted by Gasteiger charge is 2.37. The van der Waals surface area contributed by atoms with Gasteiger partial charge in [0.2, 0.25) is 0 Å². The second-order valence-corrected chi connectivity index (χ2v) is 9.35. The molecule has 4 nitrogen and oxygen atoms in total. The van der Waals surface area contributed by atoms with E-state index in [1.807, 2.05) is 6.07 Å². The minimum atomic E-state index is 0.120. The Balaban J connectivity index is 1.35. The maximum absolute atomic E-state index is 6.38. The molecule has 0 saturated heterocycles. The lowest BCUT2D eigenvalue weighted by Gasteiger charge is -2.37. The van der Waals surface area contributed by atoms with Gasteiger partial charge < -0.3 is 14.8 Å². The Hall–Kier alpha value is -3.68. The quantitative estimate of drug-likeness (QED) is 0.228. The van der Waals surface area contributed by atoms with Crippen molar-refractivity contribution in [3.63, 3.8) is 0 Å². The van der Waals surface area contributed by atoms with Gasteiger partial charge in [0.1, 0.15) is 6.61 Å².